The molecule has 4 saturated heterocycles. The number of aromatic nitrogens is 13. The summed E-state index contributed by atoms with van der Waals surface area (Å²) in [7, 11) is 0. The predicted octanol–water partition coefficient (Wildman–Crippen LogP) is 23.5. The largest absolute Gasteiger partial charge is 0.457 e. The highest BCUT2D eigenvalue weighted by Gasteiger charge is 2.32. The van der Waals surface area contributed by atoms with Crippen molar-refractivity contribution in [3.63, 3.8) is 0 Å². The summed E-state index contributed by atoms with van der Waals surface area (Å²) in [5.41, 5.74) is 28.7. The second-order valence-corrected chi connectivity index (χ2v) is 51.9. The fourth-order valence-electron chi connectivity index (χ4n) is 15.9. The van der Waals surface area contributed by atoms with Crippen LogP contribution in [0.15, 0.2) is 200 Å². The molecule has 4 fully saturated rings. The van der Waals surface area contributed by atoms with Gasteiger partial charge in [0, 0.05) is 178 Å². The van der Waals surface area contributed by atoms with Gasteiger partial charge in [0.15, 0.2) is 11.8 Å². The van der Waals surface area contributed by atoms with Gasteiger partial charge < -0.3 is 55.2 Å². The van der Waals surface area contributed by atoms with Crippen LogP contribution in [0, 0.1) is 44.9 Å². The minimum atomic E-state index is -0.308. The number of nitrogens with two attached hydrogens (primary N) is 3. The number of rotatable bonds is 18. The minimum Gasteiger partial charge on any atom is -0.457 e. The van der Waals surface area contributed by atoms with E-state index in [2.05, 4.69) is 306 Å². The summed E-state index contributed by atoms with van der Waals surface area (Å²) < 4.78 is 22.1. The minimum absolute atomic E-state index is 0.111. The summed E-state index contributed by atoms with van der Waals surface area (Å²) in [5.74, 6) is 7.66. The van der Waals surface area contributed by atoms with E-state index in [0.29, 0.717) is 42.6 Å². The highest BCUT2D eigenvalue weighted by Crippen LogP contribution is 2.43. The standard InChI is InChI=1S/C23H27NOS.C17H24N4S.C17H19N3S.C16H22N4O2S.2C16H22N4S/c1-6-8-17-9-7-10-18(14-17)25-22-13-16(2)24-21-15-19(11-12-20(21)22)26-23(3,4)5;1-11-19-15-6-5-13(22-17(2,3)4)7-14(15)16(20-11)21-9-12(8-18)10-21;1-12-9-16(20-8-7-18-11-20)14-6-5-13(10-15(14)19-12)21-17(2,3)4;1-10-19-12-7-11(23-16(2,3)4)8-18-14(12)15(17)20(10)9-13-21-5-6-22-13;1-16(2,3)21-12-4-5-13-14(6-12)18-10-19-15(13)20-8-11(7-17)9-20;1-16(2,3)21-12-4-5-13-14(8-12)18-10-19-15(13)20-7-6-11(17)9-20/h7,9-15H,6,8H2,1-5H3;5-7,12H,8-10,18H2,1-4H3;5-11H,1-4H3;7-8,13,17H,5-6,9H2,1-4H3;4-6,10-11H,7-9,17H2,1-3H3;4-5,8,10-11H,6-7,9,17H2,1-3H3/t;;;;;11-/m.....1/s1. The van der Waals surface area contributed by atoms with E-state index in [0.717, 1.165) is 194 Å². The molecule has 8 aromatic heterocycles. The second kappa shape index (κ2) is 44.1. The van der Waals surface area contributed by atoms with Crippen LogP contribution in [0.2, 0.25) is 0 Å². The first-order chi connectivity index (χ1) is 63.3. The third-order valence-electron chi connectivity index (χ3n) is 21.4. The second-order valence-electron chi connectivity index (χ2n) is 40.5. The van der Waals surface area contributed by atoms with Crippen molar-refractivity contribution < 1.29 is 14.2 Å². The fourth-order valence-corrected chi connectivity index (χ4v) is 21.9. The third-order valence-corrected chi connectivity index (χ3v) is 28.0. The topological polar surface area (TPSA) is 291 Å². The maximum atomic E-state index is 8.44. The van der Waals surface area contributed by atoms with Gasteiger partial charge in [-0.3, -0.25) is 15.4 Å². The molecule has 0 radical (unpaired) electrons. The number of aryl methyl sites for hydroxylation is 5. The monoisotopic (exact) mass is 1920 g/mol. The summed E-state index contributed by atoms with van der Waals surface area (Å²) in [5, 5.41) is 14.0. The molecular weight excluding hydrogens is 1780 g/mol. The lowest BCUT2D eigenvalue weighted by molar-refractivity contribution is -0.0537. The summed E-state index contributed by atoms with van der Waals surface area (Å²) in [6.07, 6.45) is 13.7. The molecular formula is C105H136N20O3S6. The number of imidazole rings is 1. The molecule has 0 amide bonds. The molecule has 0 bridgehead atoms. The molecule has 1 atom stereocenters. The van der Waals surface area contributed by atoms with Gasteiger partial charge >= 0.3 is 0 Å². The first kappa shape index (κ1) is 102. The summed E-state index contributed by atoms with van der Waals surface area (Å²) in [6.45, 7) is 59.0. The number of thioether (sulfide) groups is 6. The van der Waals surface area contributed by atoms with Crippen molar-refractivity contribution in [2.45, 2.75) is 255 Å². The fraction of sp³-hybridized carbons (Fsp3) is 0.448. The van der Waals surface area contributed by atoms with Crippen molar-refractivity contribution in [1.29, 1.82) is 5.41 Å². The van der Waals surface area contributed by atoms with Gasteiger partial charge in [0.25, 0.3) is 0 Å². The zero-order valence-corrected chi connectivity index (χ0v) is 87.3. The molecule has 29 heteroatoms. The zero-order chi connectivity index (χ0) is 96.4. The molecule has 710 valence electrons. The van der Waals surface area contributed by atoms with Crippen LogP contribution in [0.3, 0.4) is 0 Å². The average molecular weight is 1920 g/mol. The smallest absolute Gasteiger partial charge is 0.175 e. The molecule has 7 N–H and O–H groups in total. The van der Waals surface area contributed by atoms with Crippen LogP contribution >= 0.6 is 70.6 Å². The molecule has 134 heavy (non-hydrogen) atoms. The Labute approximate surface area is 817 Å². The van der Waals surface area contributed by atoms with Crippen molar-refractivity contribution in [2.75, 3.05) is 80.3 Å². The van der Waals surface area contributed by atoms with Gasteiger partial charge in [-0.05, 0) is 174 Å². The van der Waals surface area contributed by atoms with Crippen LogP contribution in [0.4, 0.5) is 17.5 Å². The number of hydrogen-bond acceptors (Lipinski definition) is 27. The van der Waals surface area contributed by atoms with Crippen LogP contribution in [0.5, 0.6) is 11.5 Å². The maximum Gasteiger partial charge on any atom is 0.175 e. The van der Waals surface area contributed by atoms with Crippen LogP contribution < -0.4 is 42.1 Å². The Morgan fingerprint density at radius 2 is 0.948 bits per heavy atom. The molecule has 4 aliphatic rings. The van der Waals surface area contributed by atoms with Gasteiger partial charge in [-0.15, -0.1) is 70.6 Å². The molecule has 0 saturated carbocycles. The van der Waals surface area contributed by atoms with Crippen molar-refractivity contribution in [3.05, 3.63) is 205 Å². The van der Waals surface area contributed by atoms with Gasteiger partial charge in [-0.2, -0.15) is 0 Å². The number of anilines is 3. The van der Waals surface area contributed by atoms with Crippen LogP contribution in [0.25, 0.3) is 71.2 Å². The van der Waals surface area contributed by atoms with E-state index in [-0.39, 0.29) is 40.8 Å². The summed E-state index contributed by atoms with van der Waals surface area (Å²) in [4.78, 5) is 64.0. The van der Waals surface area contributed by atoms with E-state index in [4.69, 9.17) is 46.8 Å². The van der Waals surface area contributed by atoms with Gasteiger partial charge in [0.2, 0.25) is 0 Å². The molecule has 0 unspecified atom stereocenters. The number of nitrogens with zero attached hydrogens (tertiary/aromatic N) is 16. The molecule has 6 aromatic carbocycles. The number of nitrogens with one attached hydrogen (secondary N) is 1. The third kappa shape index (κ3) is 28.9. The normalized spacial score (nSPS) is 15.2. The van der Waals surface area contributed by atoms with Gasteiger partial charge in [0.05, 0.1) is 64.9 Å². The number of fused-ring (bicyclic) bond motifs is 6. The number of ether oxygens (including phenoxy) is 3. The molecule has 14 aromatic rings. The van der Waals surface area contributed by atoms with Crippen LogP contribution in [-0.4, -0.2) is 170 Å². The quantitative estimate of drug-likeness (QED) is 0.0580. The Balaban J connectivity index is 0.000000137. The van der Waals surface area contributed by atoms with Crippen LogP contribution in [0.1, 0.15) is 173 Å². The highest BCUT2D eigenvalue weighted by atomic mass is 32.2. The Morgan fingerprint density at radius 3 is 1.46 bits per heavy atom. The number of hydrogen-bond donors (Lipinski definition) is 4. The maximum absolute atomic E-state index is 8.44. The first-order valence-corrected chi connectivity index (χ1v) is 51.3. The molecule has 12 heterocycles. The van der Waals surface area contributed by atoms with Gasteiger partial charge in [0.1, 0.15) is 58.8 Å². The number of benzene rings is 6. The van der Waals surface area contributed by atoms with Crippen molar-refractivity contribution in [2.24, 2.45) is 29.0 Å². The first-order valence-electron chi connectivity index (χ1n) is 46.4. The lowest BCUT2D eigenvalue weighted by Crippen LogP contribution is -2.50. The molecule has 0 aliphatic carbocycles. The lowest BCUT2D eigenvalue weighted by atomic mass is 10.00. The Hall–Kier alpha value is -9.24. The van der Waals surface area contributed by atoms with Crippen molar-refractivity contribution in [1.82, 2.24) is 64.0 Å². The predicted molar refractivity (Wildman–Crippen MR) is 566 cm³/mol. The van der Waals surface area contributed by atoms with E-state index >= 15 is 0 Å². The summed E-state index contributed by atoms with van der Waals surface area (Å²) in [6, 6.07) is 47.2. The number of pyridine rings is 3. The molecule has 18 rings (SSSR count). The van der Waals surface area contributed by atoms with Gasteiger partial charge in [-0.25, -0.2) is 44.9 Å². The zero-order valence-electron chi connectivity index (χ0n) is 82.4. The van der Waals surface area contributed by atoms with Crippen molar-refractivity contribution in [3.8, 4) is 17.2 Å². The van der Waals surface area contributed by atoms with E-state index in [1.165, 1.54) is 30.0 Å². The summed E-state index contributed by atoms with van der Waals surface area (Å²) >= 11 is 11.1. The van der Waals surface area contributed by atoms with Gasteiger partial charge in [-0.1, -0.05) is 150 Å². The molecule has 4 aliphatic heterocycles. The van der Waals surface area contributed by atoms with E-state index < -0.39 is 0 Å². The Kier molecular flexibility index (Phi) is 33.6. The van der Waals surface area contributed by atoms with E-state index in [1.54, 1.807) is 35.2 Å². The van der Waals surface area contributed by atoms with E-state index in [1.807, 2.05) is 128 Å². The molecule has 0 spiro atoms. The highest BCUT2D eigenvalue weighted by molar-refractivity contribution is 8.01. The lowest BCUT2D eigenvalue weighted by Gasteiger charge is -2.40. The van der Waals surface area contributed by atoms with Crippen LogP contribution in [-0.2, 0) is 22.4 Å². The SMILES string of the molecule is CC(C)(C)Sc1ccc2c(N3CC(CN)C3)ncnc2c1.CC(C)(C)Sc1ccc2c(N3CC[C@@H](N)C3)ncnc2c1.CCCc1cccc(Oc2cc(C)nc3cc(SC(C)(C)C)ccc23)c1.Cc1cc(-n2ccnc2)c2ccc(SC(C)(C)C)cc2n1.Cc1nc(N2CC(CN)C2)c2cc(SC(C)(C)C)ccc2n1.Cc1nc2cc(SC(C)(C)C)cnc2c(=N)n1CC1OCCO1. The molecule has 23 nitrogen and oxygen atoms in total. The van der Waals surface area contributed by atoms with Crippen molar-refractivity contribution >= 4 is 154 Å². The Morgan fingerprint density at radius 1 is 0.463 bits per heavy atom. The van der Waals surface area contributed by atoms with E-state index in [9.17, 15) is 0 Å². The Bertz CT molecular complexity index is 6440. The average Bonchev–Trinajstić information content (AvgIpc) is 0.878.